The molecule has 3 aromatic rings. The Balaban J connectivity index is 1.58. The molecule has 2 aliphatic heterocycles. The van der Waals surface area contributed by atoms with Crippen LogP contribution < -0.4 is 4.74 Å². The van der Waals surface area contributed by atoms with Crippen molar-refractivity contribution in [2.45, 2.75) is 19.9 Å². The molecule has 1 aromatic heterocycles. The molecule has 7 nitrogen and oxygen atoms in total. The Morgan fingerprint density at radius 3 is 2.50 bits per heavy atom. The largest absolute Gasteiger partial charge is 0.495 e. The minimum absolute atomic E-state index is 0.0990. The molecule has 8 heteroatoms. The van der Waals surface area contributed by atoms with Crippen molar-refractivity contribution in [1.29, 1.82) is 0 Å². The monoisotopic (exact) mass is 473 g/mol. The molecule has 0 spiro atoms. The zero-order valence-corrected chi connectivity index (χ0v) is 19.9. The first-order valence-electron chi connectivity index (χ1n) is 10.9. The number of fused-ring (bicyclic) bond motifs is 1. The lowest BCUT2D eigenvalue weighted by Gasteiger charge is -2.22. The number of ether oxygens (including phenoxy) is 1. The van der Waals surface area contributed by atoms with Crippen molar-refractivity contribution in [1.82, 2.24) is 24.3 Å². The molecule has 0 fully saturated rings. The highest BCUT2D eigenvalue weighted by atomic mass is 35.5. The Morgan fingerprint density at radius 1 is 1.03 bits per heavy atom. The van der Waals surface area contributed by atoms with Gasteiger partial charge >= 0.3 is 0 Å². The van der Waals surface area contributed by atoms with Crippen molar-refractivity contribution < 1.29 is 9.84 Å². The minimum Gasteiger partial charge on any atom is -0.495 e. The number of hydrogen-bond donors (Lipinski definition) is 1. The molecule has 0 aliphatic carbocycles. The van der Waals surface area contributed by atoms with Crippen LogP contribution in [0.4, 0.5) is 0 Å². The van der Waals surface area contributed by atoms with Gasteiger partial charge in [-0.15, -0.1) is 10.2 Å². The fourth-order valence-corrected chi connectivity index (χ4v) is 4.40. The van der Waals surface area contributed by atoms with Gasteiger partial charge in [0, 0.05) is 23.5 Å². The Morgan fingerprint density at radius 2 is 1.82 bits per heavy atom. The van der Waals surface area contributed by atoms with Crippen LogP contribution in [0.25, 0.3) is 28.3 Å². The van der Waals surface area contributed by atoms with E-state index in [4.69, 9.17) is 16.3 Å². The van der Waals surface area contributed by atoms with E-state index in [0.717, 1.165) is 33.6 Å². The maximum atomic E-state index is 10.2. The van der Waals surface area contributed by atoms with E-state index in [1.165, 1.54) is 0 Å². The number of methoxy groups -OCH3 is 1. The van der Waals surface area contributed by atoms with Crippen LogP contribution in [0, 0.1) is 13.8 Å². The van der Waals surface area contributed by atoms with E-state index < -0.39 is 0 Å². The lowest BCUT2D eigenvalue weighted by molar-refractivity contribution is 0.249. The molecule has 1 atom stereocenters. The second kappa shape index (κ2) is 8.93. The molecule has 0 amide bonds. The molecule has 2 aromatic carbocycles. The average Bonchev–Trinajstić information content (AvgIpc) is 3.46. The summed E-state index contributed by atoms with van der Waals surface area (Å²) >= 11 is 6.53. The Kier molecular flexibility index (Phi) is 5.81. The van der Waals surface area contributed by atoms with Crippen LogP contribution in [0.2, 0.25) is 5.02 Å². The van der Waals surface area contributed by atoms with Gasteiger partial charge < -0.3 is 19.0 Å². The number of aromatic nitrogens is 5. The first kappa shape index (κ1) is 22.1. The number of hydrogen-bond acceptors (Lipinski definition) is 5. The van der Waals surface area contributed by atoms with E-state index in [0.29, 0.717) is 22.3 Å². The maximum Gasteiger partial charge on any atom is 0.165 e. The predicted octanol–water partition coefficient (Wildman–Crippen LogP) is 5.10. The van der Waals surface area contributed by atoms with E-state index in [9.17, 15) is 5.11 Å². The van der Waals surface area contributed by atoms with E-state index in [1.54, 1.807) is 19.6 Å². The number of nitrogens with zero attached hydrogens (tertiary/aromatic N) is 5. The molecule has 0 radical (unpaired) electrons. The van der Waals surface area contributed by atoms with Crippen molar-refractivity contribution >= 4 is 11.6 Å². The van der Waals surface area contributed by atoms with E-state index in [-0.39, 0.29) is 12.6 Å². The molecular weight excluding hydrogens is 450 g/mol. The van der Waals surface area contributed by atoms with Gasteiger partial charge in [-0.2, -0.15) is 0 Å². The second-order valence-corrected chi connectivity index (χ2v) is 8.71. The molecule has 3 heterocycles. The Labute approximate surface area is 202 Å². The number of aliphatic hydroxyl groups excluding tert-OH is 1. The normalized spacial score (nSPS) is 12.3. The quantitative estimate of drug-likeness (QED) is 0.371. The summed E-state index contributed by atoms with van der Waals surface area (Å²) in [6, 6.07) is 15.5. The van der Waals surface area contributed by atoms with Crippen molar-refractivity contribution in [2.75, 3.05) is 13.7 Å². The van der Waals surface area contributed by atoms with Crippen molar-refractivity contribution in [3.05, 3.63) is 89.1 Å². The zero-order chi connectivity index (χ0) is 23.8. The molecule has 34 heavy (non-hydrogen) atoms. The number of pyridine rings is 1. The molecule has 2 aliphatic rings. The number of rotatable bonds is 6. The van der Waals surface area contributed by atoms with Gasteiger partial charge in [0.15, 0.2) is 5.82 Å². The summed E-state index contributed by atoms with van der Waals surface area (Å²) in [5.41, 5.74) is 6.26. The summed E-state index contributed by atoms with van der Waals surface area (Å²) in [7, 11) is 1.64. The highest BCUT2D eigenvalue weighted by Crippen LogP contribution is 2.38. The van der Waals surface area contributed by atoms with Crippen molar-refractivity contribution in [3.8, 4) is 34.1 Å². The first-order chi connectivity index (χ1) is 16.5. The Bertz CT molecular complexity index is 1420. The van der Waals surface area contributed by atoms with Gasteiger partial charge in [0.05, 0.1) is 42.5 Å². The third kappa shape index (κ3) is 3.93. The number of halogens is 1. The predicted molar refractivity (Wildman–Crippen MR) is 132 cm³/mol. The van der Waals surface area contributed by atoms with Gasteiger partial charge in [-0.1, -0.05) is 47.5 Å². The van der Waals surface area contributed by atoms with Gasteiger partial charge in [-0.3, -0.25) is 0 Å². The fourth-order valence-electron chi connectivity index (χ4n) is 4.19. The molecule has 1 unspecified atom stereocenters. The third-order valence-corrected chi connectivity index (χ3v) is 6.15. The molecule has 5 rings (SSSR count). The van der Waals surface area contributed by atoms with Gasteiger partial charge in [-0.05, 0) is 37.6 Å². The summed E-state index contributed by atoms with van der Waals surface area (Å²) in [6.07, 6.45) is 5.49. The smallest absolute Gasteiger partial charge is 0.165 e. The summed E-state index contributed by atoms with van der Waals surface area (Å²) in [5.74, 6) is 1.33. The van der Waals surface area contributed by atoms with Crippen LogP contribution in [0.15, 0.2) is 67.3 Å². The molecule has 172 valence electrons. The highest BCUT2D eigenvalue weighted by molar-refractivity contribution is 6.30. The van der Waals surface area contributed by atoms with Gasteiger partial charge in [0.2, 0.25) is 0 Å². The molecule has 1 N–H and O–H groups in total. The number of benzene rings is 2. The standard InChI is InChI=1S/C26H24ClN5O2/c1-16-4-6-18(7-5-16)23(14-33)32-13-20(27)11-21-25(29-30-26(21)32)19-8-9-22(24(10-19)34-3)31-12-17(2)28-15-31/h4-13,15,23,33H,14H2,1-3H3. The summed E-state index contributed by atoms with van der Waals surface area (Å²) in [6.45, 7) is 3.88. The lowest BCUT2D eigenvalue weighted by atomic mass is 10.0. The molecule has 0 saturated carbocycles. The summed E-state index contributed by atoms with van der Waals surface area (Å²) in [5, 5.41) is 19.7. The van der Waals surface area contributed by atoms with Crippen LogP contribution in [-0.4, -0.2) is 43.1 Å². The fraction of sp³-hybridized carbons (Fsp3) is 0.192. The highest BCUT2D eigenvalue weighted by Gasteiger charge is 2.24. The topological polar surface area (TPSA) is 78.0 Å². The Hall–Kier alpha value is -3.68. The van der Waals surface area contributed by atoms with Crippen LogP contribution in [0.5, 0.6) is 5.75 Å². The number of imidazole rings is 1. The van der Waals surface area contributed by atoms with E-state index in [2.05, 4.69) is 15.2 Å². The number of aryl methyl sites for hydroxylation is 2. The van der Waals surface area contributed by atoms with Crippen LogP contribution in [0.3, 0.4) is 0 Å². The summed E-state index contributed by atoms with van der Waals surface area (Å²) in [4.78, 5) is 4.30. The SMILES string of the molecule is COc1cc(-c2nnc3n(C(CO)c4ccc(C)cc4)cc(Cl)cc2-3)ccc1-n1cnc(C)c1. The number of aliphatic hydroxyl groups is 1. The van der Waals surface area contributed by atoms with Crippen LogP contribution >= 0.6 is 11.6 Å². The minimum atomic E-state index is -0.340. The second-order valence-electron chi connectivity index (χ2n) is 8.27. The van der Waals surface area contributed by atoms with Gasteiger partial charge in [-0.25, -0.2) is 4.98 Å². The van der Waals surface area contributed by atoms with E-state index >= 15 is 0 Å². The molecule has 0 bridgehead atoms. The lowest BCUT2D eigenvalue weighted by Crippen LogP contribution is -2.17. The average molecular weight is 474 g/mol. The van der Waals surface area contributed by atoms with E-state index in [1.807, 2.05) is 77.7 Å². The van der Waals surface area contributed by atoms with Crippen molar-refractivity contribution in [3.63, 3.8) is 0 Å². The maximum absolute atomic E-state index is 10.2. The molecular formula is C26H24ClN5O2. The third-order valence-electron chi connectivity index (χ3n) is 5.94. The van der Waals surface area contributed by atoms with Crippen LogP contribution in [-0.2, 0) is 0 Å². The van der Waals surface area contributed by atoms with Gasteiger partial charge in [0.1, 0.15) is 11.4 Å². The molecule has 0 saturated heterocycles. The zero-order valence-electron chi connectivity index (χ0n) is 19.1. The van der Waals surface area contributed by atoms with Gasteiger partial charge in [0.25, 0.3) is 0 Å². The van der Waals surface area contributed by atoms with Crippen LogP contribution in [0.1, 0.15) is 22.9 Å². The van der Waals surface area contributed by atoms with Crippen molar-refractivity contribution in [2.24, 2.45) is 0 Å². The summed E-state index contributed by atoms with van der Waals surface area (Å²) < 4.78 is 9.48. The first-order valence-corrected chi connectivity index (χ1v) is 11.3.